The van der Waals surface area contributed by atoms with Crippen LogP contribution in [0.5, 0.6) is 5.75 Å². The summed E-state index contributed by atoms with van der Waals surface area (Å²) < 4.78 is 14.4. The minimum Gasteiger partial charge on any atom is -0.490 e. The molecule has 0 amide bonds. The quantitative estimate of drug-likeness (QED) is 0.441. The average Bonchev–Trinajstić information content (AvgIpc) is 3.11. The number of aromatic nitrogens is 4. The normalized spacial score (nSPS) is 10.9. The second-order valence-corrected chi connectivity index (χ2v) is 5.95. The summed E-state index contributed by atoms with van der Waals surface area (Å²) in [7, 11) is 2.95. The number of carbonyl (C=O) groups excluding carboxylic acids is 1. The van der Waals surface area contributed by atoms with Crippen LogP contribution in [0.3, 0.4) is 0 Å². The molecular weight excluding hydrogens is 352 g/mol. The summed E-state index contributed by atoms with van der Waals surface area (Å²) in [5.74, 6) is 0.301. The highest BCUT2D eigenvalue weighted by Gasteiger charge is 2.15. The fourth-order valence-electron chi connectivity index (χ4n) is 2.68. The number of para-hydroxylation sites is 1. The van der Waals surface area contributed by atoms with E-state index >= 15 is 0 Å². The van der Waals surface area contributed by atoms with Crippen LogP contribution < -0.4 is 16.0 Å². The number of carbonyl (C=O) groups is 1. The molecule has 0 aliphatic heterocycles. The average molecular weight is 372 g/mol. The second-order valence-electron chi connectivity index (χ2n) is 5.95. The zero-order chi connectivity index (χ0) is 19.4. The van der Waals surface area contributed by atoms with Gasteiger partial charge >= 0.3 is 11.7 Å². The Morgan fingerprint density at radius 3 is 2.56 bits per heavy atom. The van der Waals surface area contributed by atoms with Crippen molar-refractivity contribution < 1.29 is 14.3 Å². The van der Waals surface area contributed by atoms with Gasteiger partial charge in [-0.15, -0.1) is 0 Å². The van der Waals surface area contributed by atoms with Gasteiger partial charge in [-0.3, -0.25) is 18.7 Å². The molecule has 0 radical (unpaired) electrons. The molecular formula is C18H20N4O5. The van der Waals surface area contributed by atoms with Gasteiger partial charge in [0.25, 0.3) is 5.56 Å². The lowest BCUT2D eigenvalue weighted by atomic mass is 10.3. The third-order valence-corrected chi connectivity index (χ3v) is 4.13. The topological polar surface area (TPSA) is 97.3 Å². The number of imidazole rings is 1. The molecule has 9 heteroatoms. The third-order valence-electron chi connectivity index (χ3n) is 4.13. The van der Waals surface area contributed by atoms with Gasteiger partial charge in [-0.1, -0.05) is 18.2 Å². The highest BCUT2D eigenvalue weighted by atomic mass is 16.6. The minimum atomic E-state index is -0.449. The summed E-state index contributed by atoms with van der Waals surface area (Å²) in [6.07, 6.45) is 1.51. The highest BCUT2D eigenvalue weighted by Crippen LogP contribution is 2.08. The summed E-state index contributed by atoms with van der Waals surface area (Å²) in [4.78, 5) is 40.3. The van der Waals surface area contributed by atoms with Crippen molar-refractivity contribution in [2.45, 2.75) is 13.0 Å². The SMILES string of the molecule is Cn1c(=O)c2c(ncn2CCC(=O)OCCOc2ccccc2)n(C)c1=O. The Hall–Kier alpha value is -3.36. The van der Waals surface area contributed by atoms with Crippen LogP contribution in [0.1, 0.15) is 6.42 Å². The van der Waals surface area contributed by atoms with E-state index in [0.29, 0.717) is 5.75 Å². The van der Waals surface area contributed by atoms with Gasteiger partial charge < -0.3 is 14.0 Å². The van der Waals surface area contributed by atoms with Gasteiger partial charge in [-0.2, -0.15) is 0 Å². The van der Waals surface area contributed by atoms with E-state index in [1.165, 1.54) is 17.9 Å². The number of benzene rings is 1. The molecule has 0 saturated heterocycles. The molecule has 0 unspecified atom stereocenters. The Balaban J connectivity index is 1.56. The number of aryl methyl sites for hydroxylation is 2. The summed E-state index contributed by atoms with van der Waals surface area (Å²) in [5, 5.41) is 0. The minimum absolute atomic E-state index is 0.0722. The second kappa shape index (κ2) is 7.90. The predicted molar refractivity (Wildman–Crippen MR) is 97.7 cm³/mol. The fourth-order valence-corrected chi connectivity index (χ4v) is 2.68. The van der Waals surface area contributed by atoms with Crippen LogP contribution in [0.15, 0.2) is 46.2 Å². The zero-order valence-electron chi connectivity index (χ0n) is 15.1. The molecule has 27 heavy (non-hydrogen) atoms. The molecule has 0 N–H and O–H groups in total. The van der Waals surface area contributed by atoms with Gasteiger partial charge in [0.1, 0.15) is 19.0 Å². The van der Waals surface area contributed by atoms with Crippen LogP contribution in [0.2, 0.25) is 0 Å². The van der Waals surface area contributed by atoms with Crippen molar-refractivity contribution in [2.24, 2.45) is 14.1 Å². The molecule has 0 fully saturated rings. The van der Waals surface area contributed by atoms with Crippen molar-refractivity contribution in [1.82, 2.24) is 18.7 Å². The number of hydrogen-bond donors (Lipinski definition) is 0. The van der Waals surface area contributed by atoms with Gasteiger partial charge in [0.15, 0.2) is 11.2 Å². The maximum Gasteiger partial charge on any atom is 0.332 e. The first-order valence-corrected chi connectivity index (χ1v) is 8.43. The van der Waals surface area contributed by atoms with Crippen molar-refractivity contribution in [3.63, 3.8) is 0 Å². The lowest BCUT2D eigenvalue weighted by molar-refractivity contribution is -0.144. The van der Waals surface area contributed by atoms with Crippen LogP contribution in [0.4, 0.5) is 0 Å². The van der Waals surface area contributed by atoms with Crippen LogP contribution in [-0.4, -0.2) is 37.9 Å². The van der Waals surface area contributed by atoms with Gasteiger partial charge in [0.2, 0.25) is 0 Å². The molecule has 0 spiro atoms. The predicted octanol–water partition coefficient (Wildman–Crippen LogP) is 0.446. The van der Waals surface area contributed by atoms with Gasteiger partial charge in [0.05, 0.1) is 12.7 Å². The number of fused-ring (bicyclic) bond motifs is 1. The van der Waals surface area contributed by atoms with E-state index in [1.807, 2.05) is 30.3 Å². The lowest BCUT2D eigenvalue weighted by Crippen LogP contribution is -2.37. The standard InChI is InChI=1S/C18H20N4O5/c1-20-16-15(17(24)21(2)18(20)25)22(12-19-16)9-8-14(23)27-11-10-26-13-6-4-3-5-7-13/h3-7,12H,8-11H2,1-2H3. The third kappa shape index (κ3) is 3.91. The molecule has 0 atom stereocenters. The Bertz CT molecular complexity index is 1070. The van der Waals surface area contributed by atoms with E-state index in [2.05, 4.69) is 4.98 Å². The summed E-state index contributed by atoms with van der Waals surface area (Å²) >= 11 is 0. The summed E-state index contributed by atoms with van der Waals surface area (Å²) in [6.45, 7) is 0.614. The van der Waals surface area contributed by atoms with E-state index in [0.717, 1.165) is 4.57 Å². The molecule has 0 aliphatic carbocycles. The Morgan fingerprint density at radius 2 is 1.81 bits per heavy atom. The maximum atomic E-state index is 12.3. The Labute approximate surface area is 154 Å². The largest absolute Gasteiger partial charge is 0.490 e. The summed E-state index contributed by atoms with van der Waals surface area (Å²) in [5.41, 5.74) is -0.335. The van der Waals surface area contributed by atoms with Crippen molar-refractivity contribution in [1.29, 1.82) is 0 Å². The van der Waals surface area contributed by atoms with Crippen molar-refractivity contribution in [2.75, 3.05) is 13.2 Å². The molecule has 2 heterocycles. The number of nitrogens with zero attached hydrogens (tertiary/aromatic N) is 4. The molecule has 142 valence electrons. The first kappa shape index (κ1) is 18.4. The first-order chi connectivity index (χ1) is 13.0. The van der Waals surface area contributed by atoms with Crippen molar-refractivity contribution in [3.05, 3.63) is 57.5 Å². The van der Waals surface area contributed by atoms with Gasteiger partial charge in [-0.25, -0.2) is 9.78 Å². The first-order valence-electron chi connectivity index (χ1n) is 8.43. The van der Waals surface area contributed by atoms with Crippen molar-refractivity contribution >= 4 is 17.1 Å². The number of ether oxygens (including phenoxy) is 2. The van der Waals surface area contributed by atoms with Gasteiger partial charge in [0, 0.05) is 20.6 Å². The Kier molecular flexibility index (Phi) is 5.39. The van der Waals surface area contributed by atoms with Crippen LogP contribution in [0.25, 0.3) is 11.2 Å². The molecule has 2 aromatic heterocycles. The van der Waals surface area contributed by atoms with Crippen LogP contribution in [-0.2, 0) is 30.2 Å². The van der Waals surface area contributed by atoms with E-state index in [-0.39, 0.29) is 37.3 Å². The monoisotopic (exact) mass is 372 g/mol. The molecule has 1 aromatic carbocycles. The smallest absolute Gasteiger partial charge is 0.332 e. The summed E-state index contributed by atoms with van der Waals surface area (Å²) in [6, 6.07) is 9.24. The van der Waals surface area contributed by atoms with Crippen LogP contribution >= 0.6 is 0 Å². The van der Waals surface area contributed by atoms with E-state index in [1.54, 1.807) is 11.6 Å². The fraction of sp³-hybridized carbons (Fsp3) is 0.333. The molecule has 0 aliphatic rings. The zero-order valence-corrected chi connectivity index (χ0v) is 15.1. The molecule has 9 nitrogen and oxygen atoms in total. The maximum absolute atomic E-state index is 12.3. The molecule has 3 rings (SSSR count). The van der Waals surface area contributed by atoms with E-state index in [9.17, 15) is 14.4 Å². The Morgan fingerprint density at radius 1 is 1.07 bits per heavy atom. The highest BCUT2D eigenvalue weighted by molar-refractivity contribution is 5.71. The molecule has 0 saturated carbocycles. The number of esters is 1. The van der Waals surface area contributed by atoms with Crippen molar-refractivity contribution in [3.8, 4) is 5.75 Å². The van der Waals surface area contributed by atoms with Gasteiger partial charge in [-0.05, 0) is 12.1 Å². The van der Waals surface area contributed by atoms with E-state index < -0.39 is 17.2 Å². The molecule has 0 bridgehead atoms. The lowest BCUT2D eigenvalue weighted by Gasteiger charge is -2.08. The van der Waals surface area contributed by atoms with E-state index in [4.69, 9.17) is 9.47 Å². The number of hydrogen-bond acceptors (Lipinski definition) is 6. The molecule has 3 aromatic rings. The van der Waals surface area contributed by atoms with Crippen LogP contribution in [0, 0.1) is 0 Å². The number of rotatable bonds is 7.